The lowest BCUT2D eigenvalue weighted by Gasteiger charge is -2.32. The van der Waals surface area contributed by atoms with E-state index in [1.165, 1.54) is 12.8 Å². The van der Waals surface area contributed by atoms with Crippen LogP contribution in [-0.4, -0.2) is 10.1 Å². The third-order valence-corrected chi connectivity index (χ3v) is 4.72. The SMILES string of the molecule is CC1(C)CCC(c2noc(-c3c(N)cccc3Cl)n2)CC1. The van der Waals surface area contributed by atoms with Gasteiger partial charge in [-0.15, -0.1) is 0 Å². The predicted molar refractivity (Wildman–Crippen MR) is 84.1 cm³/mol. The number of aromatic nitrogens is 2. The number of anilines is 1. The van der Waals surface area contributed by atoms with Crippen molar-refractivity contribution in [3.8, 4) is 11.5 Å². The van der Waals surface area contributed by atoms with Gasteiger partial charge in [-0.25, -0.2) is 0 Å². The van der Waals surface area contributed by atoms with Crippen molar-refractivity contribution in [3.05, 3.63) is 29.0 Å². The summed E-state index contributed by atoms with van der Waals surface area (Å²) in [6.45, 7) is 4.63. The predicted octanol–water partition coefficient (Wildman–Crippen LogP) is 4.66. The highest BCUT2D eigenvalue weighted by Gasteiger charge is 2.30. The van der Waals surface area contributed by atoms with Crippen molar-refractivity contribution in [2.75, 3.05) is 5.73 Å². The quantitative estimate of drug-likeness (QED) is 0.820. The van der Waals surface area contributed by atoms with Crippen molar-refractivity contribution in [2.45, 2.75) is 45.4 Å². The third kappa shape index (κ3) is 2.91. The average Bonchev–Trinajstić information content (AvgIpc) is 2.88. The van der Waals surface area contributed by atoms with E-state index in [-0.39, 0.29) is 0 Å². The van der Waals surface area contributed by atoms with Crippen molar-refractivity contribution in [1.29, 1.82) is 0 Å². The summed E-state index contributed by atoms with van der Waals surface area (Å²) < 4.78 is 5.39. The highest BCUT2D eigenvalue weighted by molar-refractivity contribution is 6.33. The second-order valence-corrected chi connectivity index (χ2v) is 7.01. The smallest absolute Gasteiger partial charge is 0.261 e. The fraction of sp³-hybridized carbons (Fsp3) is 0.500. The minimum absolute atomic E-state index is 0.374. The fourth-order valence-electron chi connectivity index (χ4n) is 2.93. The molecule has 0 saturated heterocycles. The Labute approximate surface area is 129 Å². The van der Waals surface area contributed by atoms with Crippen LogP contribution in [-0.2, 0) is 0 Å². The average molecular weight is 306 g/mol. The first-order valence-corrected chi connectivity index (χ1v) is 7.72. The maximum atomic E-state index is 6.19. The number of nitrogens with two attached hydrogens (primary N) is 1. The first-order valence-electron chi connectivity index (χ1n) is 7.34. The summed E-state index contributed by atoms with van der Waals surface area (Å²) in [5.41, 5.74) is 7.58. The topological polar surface area (TPSA) is 64.9 Å². The molecule has 4 nitrogen and oxygen atoms in total. The van der Waals surface area contributed by atoms with Gasteiger partial charge in [0.25, 0.3) is 5.89 Å². The lowest BCUT2D eigenvalue weighted by Crippen LogP contribution is -2.20. The lowest BCUT2D eigenvalue weighted by molar-refractivity contribution is 0.218. The van der Waals surface area contributed by atoms with Crippen molar-refractivity contribution in [3.63, 3.8) is 0 Å². The molecule has 1 aliphatic rings. The minimum atomic E-state index is 0.374. The molecule has 0 unspecified atom stereocenters. The van der Waals surface area contributed by atoms with E-state index in [1.54, 1.807) is 12.1 Å². The second-order valence-electron chi connectivity index (χ2n) is 6.60. The maximum Gasteiger partial charge on any atom is 0.261 e. The van der Waals surface area contributed by atoms with Crippen LogP contribution in [0.5, 0.6) is 0 Å². The van der Waals surface area contributed by atoms with Gasteiger partial charge in [0.2, 0.25) is 0 Å². The van der Waals surface area contributed by atoms with E-state index in [0.29, 0.717) is 33.5 Å². The Hall–Kier alpha value is -1.55. The molecular formula is C16H20ClN3O. The van der Waals surface area contributed by atoms with Crippen LogP contribution in [0.15, 0.2) is 22.7 Å². The van der Waals surface area contributed by atoms with E-state index >= 15 is 0 Å². The number of nitrogens with zero attached hydrogens (tertiary/aromatic N) is 2. The summed E-state index contributed by atoms with van der Waals surface area (Å²) >= 11 is 6.19. The molecule has 0 aliphatic heterocycles. The summed E-state index contributed by atoms with van der Waals surface area (Å²) in [5.74, 6) is 1.57. The number of halogens is 1. The Morgan fingerprint density at radius 1 is 1.29 bits per heavy atom. The number of hydrogen-bond acceptors (Lipinski definition) is 4. The van der Waals surface area contributed by atoms with Crippen LogP contribution in [0.25, 0.3) is 11.5 Å². The molecule has 112 valence electrons. The third-order valence-electron chi connectivity index (χ3n) is 4.41. The van der Waals surface area contributed by atoms with Gasteiger partial charge in [-0.1, -0.05) is 36.7 Å². The van der Waals surface area contributed by atoms with E-state index in [0.717, 1.165) is 18.7 Å². The van der Waals surface area contributed by atoms with E-state index < -0.39 is 0 Å². The Morgan fingerprint density at radius 2 is 2.00 bits per heavy atom. The Bertz CT molecular complexity index is 620. The van der Waals surface area contributed by atoms with Crippen molar-refractivity contribution in [2.24, 2.45) is 5.41 Å². The zero-order chi connectivity index (χ0) is 15.0. The monoisotopic (exact) mass is 305 g/mol. The largest absolute Gasteiger partial charge is 0.398 e. The zero-order valence-corrected chi connectivity index (χ0v) is 13.2. The molecule has 0 bridgehead atoms. The van der Waals surface area contributed by atoms with Gasteiger partial charge in [0.05, 0.1) is 10.6 Å². The van der Waals surface area contributed by atoms with Crippen molar-refractivity contribution >= 4 is 17.3 Å². The molecule has 0 atom stereocenters. The van der Waals surface area contributed by atoms with Crippen LogP contribution in [0, 0.1) is 5.41 Å². The highest BCUT2D eigenvalue weighted by Crippen LogP contribution is 2.42. The molecule has 0 radical (unpaired) electrons. The number of rotatable bonds is 2. The van der Waals surface area contributed by atoms with Gasteiger partial charge in [0, 0.05) is 11.6 Å². The van der Waals surface area contributed by atoms with Crippen LogP contribution in [0.1, 0.15) is 51.3 Å². The van der Waals surface area contributed by atoms with E-state index in [2.05, 4.69) is 24.0 Å². The fourth-order valence-corrected chi connectivity index (χ4v) is 3.19. The molecular weight excluding hydrogens is 286 g/mol. The molecule has 1 aliphatic carbocycles. The van der Waals surface area contributed by atoms with Crippen molar-refractivity contribution in [1.82, 2.24) is 10.1 Å². The first-order chi connectivity index (χ1) is 9.96. The second kappa shape index (κ2) is 5.34. The maximum absolute atomic E-state index is 6.19. The van der Waals surface area contributed by atoms with Gasteiger partial charge in [-0.2, -0.15) is 4.98 Å². The Kier molecular flexibility index (Phi) is 3.66. The molecule has 1 heterocycles. The Morgan fingerprint density at radius 3 is 2.67 bits per heavy atom. The molecule has 0 spiro atoms. The summed E-state index contributed by atoms with van der Waals surface area (Å²) in [6.07, 6.45) is 4.58. The van der Waals surface area contributed by atoms with Crippen LogP contribution in [0.2, 0.25) is 5.02 Å². The van der Waals surface area contributed by atoms with Gasteiger partial charge in [0.15, 0.2) is 5.82 Å². The molecule has 2 aromatic rings. The molecule has 3 rings (SSSR count). The molecule has 21 heavy (non-hydrogen) atoms. The number of benzene rings is 1. The van der Waals surface area contributed by atoms with Crippen LogP contribution < -0.4 is 5.73 Å². The summed E-state index contributed by atoms with van der Waals surface area (Å²) in [7, 11) is 0. The van der Waals surface area contributed by atoms with Gasteiger partial charge >= 0.3 is 0 Å². The normalized spacial score (nSPS) is 18.8. The van der Waals surface area contributed by atoms with Gasteiger partial charge in [0.1, 0.15) is 0 Å². The molecule has 2 N–H and O–H groups in total. The summed E-state index contributed by atoms with van der Waals surface area (Å²) in [4.78, 5) is 4.53. The van der Waals surface area contributed by atoms with E-state index in [4.69, 9.17) is 21.9 Å². The summed E-state index contributed by atoms with van der Waals surface area (Å²) in [6, 6.07) is 5.37. The van der Waals surface area contributed by atoms with Gasteiger partial charge < -0.3 is 10.3 Å². The van der Waals surface area contributed by atoms with Crippen LogP contribution in [0.3, 0.4) is 0 Å². The Balaban J connectivity index is 1.84. The van der Waals surface area contributed by atoms with E-state index in [1.807, 2.05) is 6.07 Å². The molecule has 5 heteroatoms. The highest BCUT2D eigenvalue weighted by atomic mass is 35.5. The molecule has 1 fully saturated rings. The zero-order valence-electron chi connectivity index (χ0n) is 12.4. The standard InChI is InChI=1S/C16H20ClN3O/c1-16(2)8-6-10(7-9-16)14-19-15(21-20-14)13-11(17)4-3-5-12(13)18/h3-5,10H,6-9,18H2,1-2H3. The number of hydrogen-bond donors (Lipinski definition) is 1. The molecule has 1 aromatic heterocycles. The van der Waals surface area contributed by atoms with Crippen molar-refractivity contribution < 1.29 is 4.52 Å². The lowest BCUT2D eigenvalue weighted by atomic mass is 9.73. The molecule has 1 aromatic carbocycles. The summed E-state index contributed by atoms with van der Waals surface area (Å²) in [5, 5.41) is 4.68. The molecule has 1 saturated carbocycles. The van der Waals surface area contributed by atoms with E-state index in [9.17, 15) is 0 Å². The van der Waals surface area contributed by atoms with Crippen LogP contribution >= 0.6 is 11.6 Å². The first kappa shape index (κ1) is 14.4. The number of nitrogen functional groups attached to an aromatic ring is 1. The molecule has 0 amide bonds. The van der Waals surface area contributed by atoms with Gasteiger partial charge in [-0.3, -0.25) is 0 Å². The minimum Gasteiger partial charge on any atom is -0.398 e. The van der Waals surface area contributed by atoms with Gasteiger partial charge in [-0.05, 0) is 43.2 Å². The van der Waals surface area contributed by atoms with Crippen LogP contribution in [0.4, 0.5) is 5.69 Å².